The van der Waals surface area contributed by atoms with Gasteiger partial charge in [-0.1, -0.05) is 29.0 Å². The Morgan fingerprint density at radius 1 is 1.38 bits per heavy atom. The molecular weight excluding hydrogens is 231 g/mol. The van der Waals surface area contributed by atoms with Gasteiger partial charge < -0.3 is 4.74 Å². The predicted molar refractivity (Wildman–Crippen MR) is 60.5 cm³/mol. The van der Waals surface area contributed by atoms with E-state index in [2.05, 4.69) is 0 Å². The average molecular weight is 245 g/mol. The number of hydrazine groups is 1. The molecule has 1 aromatic carbocycles. The molecule has 1 aromatic rings. The summed E-state index contributed by atoms with van der Waals surface area (Å²) >= 11 is 5.84. The fourth-order valence-electron chi connectivity index (χ4n) is 1.66. The molecule has 0 unspecified atom stereocenters. The van der Waals surface area contributed by atoms with Crippen LogP contribution in [0.2, 0.25) is 5.02 Å². The monoisotopic (exact) mass is 244 g/mol. The number of ether oxygens (including phenoxy) is 1. The van der Waals surface area contributed by atoms with Gasteiger partial charge in [0, 0.05) is 18.1 Å². The van der Waals surface area contributed by atoms with Gasteiger partial charge in [0.2, 0.25) is 0 Å². The lowest BCUT2D eigenvalue weighted by atomic mass is 10.2. The summed E-state index contributed by atoms with van der Waals surface area (Å²) in [5, 5.41) is 3.01. The van der Waals surface area contributed by atoms with E-state index < -0.39 is 0 Å². The van der Waals surface area contributed by atoms with Crippen molar-refractivity contribution in [2.45, 2.75) is 6.54 Å². The summed E-state index contributed by atoms with van der Waals surface area (Å²) in [5.41, 5.74) is 0.862. The summed E-state index contributed by atoms with van der Waals surface area (Å²) in [7, 11) is 0. The minimum atomic E-state index is 0.223. The van der Waals surface area contributed by atoms with Gasteiger partial charge in [-0.25, -0.2) is 5.01 Å². The summed E-state index contributed by atoms with van der Waals surface area (Å²) in [4.78, 5) is 0. The molecule has 88 valence electrons. The number of halogens is 2. The number of nitrogens with zero attached hydrogens (tertiary/aromatic N) is 2. The predicted octanol–water partition coefficient (Wildman–Crippen LogP) is 2.27. The van der Waals surface area contributed by atoms with Gasteiger partial charge in [-0.05, 0) is 17.7 Å². The Balaban J connectivity index is 1.93. The van der Waals surface area contributed by atoms with Crippen molar-refractivity contribution in [3.05, 3.63) is 34.9 Å². The van der Waals surface area contributed by atoms with Crippen LogP contribution >= 0.6 is 11.6 Å². The first kappa shape index (κ1) is 11.8. The van der Waals surface area contributed by atoms with Crippen LogP contribution in [-0.4, -0.2) is 36.5 Å². The normalized spacial score (nSPS) is 17.9. The van der Waals surface area contributed by atoms with Crippen molar-refractivity contribution in [3.8, 4) is 0 Å². The molecule has 0 radical (unpaired) electrons. The lowest BCUT2D eigenvalue weighted by Crippen LogP contribution is -2.44. The fraction of sp³-hybridized carbons (Fsp3) is 0.455. The van der Waals surface area contributed by atoms with E-state index in [-0.39, 0.29) is 6.54 Å². The highest BCUT2D eigenvalue weighted by Crippen LogP contribution is 2.14. The zero-order chi connectivity index (χ0) is 11.4. The fourth-order valence-corrected chi connectivity index (χ4v) is 1.87. The van der Waals surface area contributed by atoms with E-state index >= 15 is 0 Å². The molecule has 1 aliphatic heterocycles. The van der Waals surface area contributed by atoms with E-state index in [0.29, 0.717) is 31.3 Å². The summed E-state index contributed by atoms with van der Waals surface area (Å²) in [6, 6.07) is 7.24. The molecule has 0 amide bonds. The van der Waals surface area contributed by atoms with Gasteiger partial charge in [0.05, 0.1) is 19.8 Å². The molecule has 0 N–H and O–H groups in total. The molecule has 5 heteroatoms. The van der Waals surface area contributed by atoms with Gasteiger partial charge in [-0.15, -0.1) is 4.48 Å². The molecule has 0 aromatic heterocycles. The lowest BCUT2D eigenvalue weighted by Gasteiger charge is -2.30. The second-order valence-corrected chi connectivity index (χ2v) is 4.13. The molecule has 0 saturated carbocycles. The van der Waals surface area contributed by atoms with Crippen LogP contribution in [0.4, 0.5) is 4.48 Å². The molecule has 0 spiro atoms. The SMILES string of the molecule is FN(Cc1cccc(Cl)c1)N1CCOCC1. The van der Waals surface area contributed by atoms with Crippen molar-refractivity contribution in [2.75, 3.05) is 26.3 Å². The maximum Gasteiger partial charge on any atom is 0.0706 e. The number of benzene rings is 1. The van der Waals surface area contributed by atoms with Crippen LogP contribution < -0.4 is 0 Å². The smallest absolute Gasteiger partial charge is 0.0706 e. The van der Waals surface area contributed by atoms with Crippen LogP contribution in [0, 0.1) is 0 Å². The van der Waals surface area contributed by atoms with E-state index in [1.807, 2.05) is 12.1 Å². The third-order valence-electron chi connectivity index (χ3n) is 2.50. The molecular formula is C11H14ClFN2O. The quantitative estimate of drug-likeness (QED) is 0.759. The maximum atomic E-state index is 13.8. The van der Waals surface area contributed by atoms with Gasteiger partial charge in [-0.3, -0.25) is 0 Å². The minimum Gasteiger partial charge on any atom is -0.379 e. The van der Waals surface area contributed by atoms with Crippen molar-refractivity contribution in [3.63, 3.8) is 0 Å². The van der Waals surface area contributed by atoms with Gasteiger partial charge in [0.1, 0.15) is 0 Å². The summed E-state index contributed by atoms with van der Waals surface area (Å²) in [6.45, 7) is 2.57. The number of morpholine rings is 1. The molecule has 0 atom stereocenters. The molecule has 0 aliphatic carbocycles. The first-order valence-electron chi connectivity index (χ1n) is 5.26. The number of hydrogen-bond acceptors (Lipinski definition) is 3. The summed E-state index contributed by atoms with van der Waals surface area (Å²) in [6.07, 6.45) is 0. The van der Waals surface area contributed by atoms with Gasteiger partial charge in [0.25, 0.3) is 0 Å². The summed E-state index contributed by atoms with van der Waals surface area (Å²) in [5.74, 6) is 0. The molecule has 2 rings (SSSR count). The van der Waals surface area contributed by atoms with E-state index in [1.54, 1.807) is 17.1 Å². The molecule has 0 bridgehead atoms. The van der Waals surface area contributed by atoms with E-state index in [9.17, 15) is 4.48 Å². The Labute approximate surface area is 99.3 Å². The molecule has 1 fully saturated rings. The average Bonchev–Trinajstić information content (AvgIpc) is 2.30. The first-order valence-corrected chi connectivity index (χ1v) is 5.64. The van der Waals surface area contributed by atoms with Crippen molar-refractivity contribution >= 4 is 11.6 Å². The van der Waals surface area contributed by atoms with E-state index in [4.69, 9.17) is 16.3 Å². The Morgan fingerprint density at radius 3 is 2.81 bits per heavy atom. The van der Waals surface area contributed by atoms with Crippen LogP contribution in [0.5, 0.6) is 0 Å². The zero-order valence-electron chi connectivity index (χ0n) is 8.90. The highest BCUT2D eigenvalue weighted by Gasteiger charge is 2.18. The molecule has 16 heavy (non-hydrogen) atoms. The van der Waals surface area contributed by atoms with Gasteiger partial charge >= 0.3 is 0 Å². The second-order valence-electron chi connectivity index (χ2n) is 3.69. The van der Waals surface area contributed by atoms with Crippen LogP contribution in [-0.2, 0) is 11.3 Å². The van der Waals surface area contributed by atoms with Crippen molar-refractivity contribution in [1.82, 2.24) is 10.2 Å². The molecule has 1 heterocycles. The van der Waals surface area contributed by atoms with E-state index in [0.717, 1.165) is 10.8 Å². The zero-order valence-corrected chi connectivity index (χ0v) is 9.66. The van der Waals surface area contributed by atoms with Gasteiger partial charge in [-0.2, -0.15) is 0 Å². The van der Waals surface area contributed by atoms with Crippen molar-refractivity contribution in [2.24, 2.45) is 0 Å². The van der Waals surface area contributed by atoms with E-state index in [1.165, 1.54) is 0 Å². The number of rotatable bonds is 3. The van der Waals surface area contributed by atoms with Crippen LogP contribution in [0.3, 0.4) is 0 Å². The minimum absolute atomic E-state index is 0.223. The lowest BCUT2D eigenvalue weighted by molar-refractivity contribution is -0.205. The third kappa shape index (κ3) is 3.15. The largest absolute Gasteiger partial charge is 0.379 e. The highest BCUT2D eigenvalue weighted by atomic mass is 35.5. The first-order chi connectivity index (χ1) is 7.75. The third-order valence-corrected chi connectivity index (χ3v) is 2.73. The van der Waals surface area contributed by atoms with Crippen molar-refractivity contribution in [1.29, 1.82) is 0 Å². The maximum absolute atomic E-state index is 13.8. The van der Waals surface area contributed by atoms with Crippen molar-refractivity contribution < 1.29 is 9.22 Å². The van der Waals surface area contributed by atoms with Crippen LogP contribution in [0.1, 0.15) is 5.56 Å². The van der Waals surface area contributed by atoms with Crippen LogP contribution in [0.15, 0.2) is 24.3 Å². The number of hydrogen-bond donors (Lipinski definition) is 0. The summed E-state index contributed by atoms with van der Waals surface area (Å²) < 4.78 is 18.9. The molecule has 1 saturated heterocycles. The Bertz CT molecular complexity index is 345. The Morgan fingerprint density at radius 2 is 2.12 bits per heavy atom. The van der Waals surface area contributed by atoms with Gasteiger partial charge in [0.15, 0.2) is 0 Å². The molecule has 1 aliphatic rings. The molecule has 3 nitrogen and oxygen atoms in total. The van der Waals surface area contributed by atoms with Crippen LogP contribution in [0.25, 0.3) is 0 Å². The Kier molecular flexibility index (Phi) is 4.12. The second kappa shape index (κ2) is 5.59. The standard InChI is InChI=1S/C11H14ClFN2O/c12-11-3-1-2-10(8-11)9-15(13)14-4-6-16-7-5-14/h1-3,8H,4-7,9H2. The highest BCUT2D eigenvalue weighted by molar-refractivity contribution is 6.30. The Hall–Kier alpha value is -0.680. The topological polar surface area (TPSA) is 15.7 Å².